The summed E-state index contributed by atoms with van der Waals surface area (Å²) in [6, 6.07) is 11.0. The first-order chi connectivity index (χ1) is 11.2. The topological polar surface area (TPSA) is 48.9 Å². The van der Waals surface area contributed by atoms with Crippen molar-refractivity contribution in [3.8, 4) is 0 Å². The zero-order valence-electron chi connectivity index (χ0n) is 15.0. The largest absolute Gasteiger partial charge is 0.379 e. The fourth-order valence-corrected chi connectivity index (χ4v) is 2.74. The summed E-state index contributed by atoms with van der Waals surface area (Å²) in [5.74, 6) is 0.884. The van der Waals surface area contributed by atoms with Crippen LogP contribution in [-0.2, 0) is 4.74 Å². The highest BCUT2D eigenvalue weighted by Gasteiger charge is 2.23. The first-order valence-electron chi connectivity index (χ1n) is 8.58. The average molecular weight is 446 g/mol. The van der Waals surface area contributed by atoms with E-state index < -0.39 is 0 Å². The minimum absolute atomic E-state index is 0. The van der Waals surface area contributed by atoms with Crippen LogP contribution in [0, 0.1) is 0 Å². The lowest BCUT2D eigenvalue weighted by atomic mass is 10.3. The number of hydrogen-bond donors (Lipinski definition) is 2. The summed E-state index contributed by atoms with van der Waals surface area (Å²) in [5, 5.41) is 6.89. The third-order valence-electron chi connectivity index (χ3n) is 3.94. The molecule has 6 heteroatoms. The molecule has 1 saturated heterocycles. The van der Waals surface area contributed by atoms with Crippen molar-refractivity contribution in [2.24, 2.45) is 4.99 Å². The number of hydrogen-bond acceptors (Lipinski definition) is 3. The maximum atomic E-state index is 5.55. The normalized spacial score (nSPS) is 17.8. The molecule has 1 unspecified atom stereocenters. The van der Waals surface area contributed by atoms with Gasteiger partial charge in [0.15, 0.2) is 5.96 Å². The Bertz CT molecular complexity index is 481. The van der Waals surface area contributed by atoms with Crippen molar-refractivity contribution < 1.29 is 4.74 Å². The van der Waals surface area contributed by atoms with Crippen molar-refractivity contribution in [1.82, 2.24) is 10.6 Å². The van der Waals surface area contributed by atoms with Crippen LogP contribution in [0.1, 0.15) is 26.7 Å². The lowest BCUT2D eigenvalue weighted by molar-refractivity contribution is 0.0776. The van der Waals surface area contributed by atoms with Gasteiger partial charge in [-0.15, -0.1) is 24.0 Å². The Labute approximate surface area is 163 Å². The van der Waals surface area contributed by atoms with Gasteiger partial charge in [0.1, 0.15) is 0 Å². The molecule has 1 aliphatic heterocycles. The highest BCUT2D eigenvalue weighted by atomic mass is 127. The molecule has 1 aromatic rings. The highest BCUT2D eigenvalue weighted by molar-refractivity contribution is 14.0. The van der Waals surface area contributed by atoms with Crippen molar-refractivity contribution in [1.29, 1.82) is 0 Å². The van der Waals surface area contributed by atoms with Crippen LogP contribution in [0.5, 0.6) is 0 Å². The van der Waals surface area contributed by atoms with E-state index in [-0.39, 0.29) is 24.0 Å². The molecule has 2 N–H and O–H groups in total. The molecular weight excluding hydrogens is 415 g/mol. The predicted octanol–water partition coefficient (Wildman–Crippen LogP) is 2.86. The number of nitrogens with one attached hydrogen (secondary N) is 2. The minimum Gasteiger partial charge on any atom is -0.379 e. The molecule has 1 aliphatic rings. The van der Waals surface area contributed by atoms with Gasteiger partial charge in [0, 0.05) is 45.0 Å². The third kappa shape index (κ3) is 7.25. The van der Waals surface area contributed by atoms with E-state index in [1.54, 1.807) is 0 Å². The molecule has 5 nitrogen and oxygen atoms in total. The lowest BCUT2D eigenvalue weighted by Crippen LogP contribution is -2.45. The average Bonchev–Trinajstić information content (AvgIpc) is 3.02. The van der Waals surface area contributed by atoms with E-state index >= 15 is 0 Å². The molecule has 24 heavy (non-hydrogen) atoms. The van der Waals surface area contributed by atoms with E-state index in [4.69, 9.17) is 4.74 Å². The Morgan fingerprint density at radius 3 is 2.75 bits per heavy atom. The summed E-state index contributed by atoms with van der Waals surface area (Å²) in [7, 11) is 1.82. The molecule has 0 spiro atoms. The summed E-state index contributed by atoms with van der Waals surface area (Å²) in [4.78, 5) is 6.74. The summed E-state index contributed by atoms with van der Waals surface area (Å²) in [6.45, 7) is 7.88. The van der Waals surface area contributed by atoms with Gasteiger partial charge < -0.3 is 20.3 Å². The number of nitrogens with zero attached hydrogens (tertiary/aromatic N) is 2. The van der Waals surface area contributed by atoms with Crippen LogP contribution in [0.15, 0.2) is 35.3 Å². The second-order valence-corrected chi connectivity index (χ2v) is 6.18. The molecule has 1 atom stereocenters. The van der Waals surface area contributed by atoms with Gasteiger partial charge in [0.25, 0.3) is 0 Å². The molecular formula is C18H31IN4O. The van der Waals surface area contributed by atoms with Crippen molar-refractivity contribution >= 4 is 35.6 Å². The predicted molar refractivity (Wildman–Crippen MR) is 113 cm³/mol. The van der Waals surface area contributed by atoms with Gasteiger partial charge in [-0.3, -0.25) is 4.99 Å². The Balaban J connectivity index is 0.00000288. The number of rotatable bonds is 7. The number of para-hydroxylation sites is 1. The highest BCUT2D eigenvalue weighted by Crippen LogP contribution is 2.19. The molecule has 0 amide bonds. The van der Waals surface area contributed by atoms with Crippen LogP contribution in [0.2, 0.25) is 0 Å². The maximum absolute atomic E-state index is 5.55. The van der Waals surface area contributed by atoms with Gasteiger partial charge in [-0.2, -0.15) is 0 Å². The number of anilines is 1. The van der Waals surface area contributed by atoms with Crippen LogP contribution >= 0.6 is 24.0 Å². The van der Waals surface area contributed by atoms with Gasteiger partial charge >= 0.3 is 0 Å². The number of halogens is 1. The Morgan fingerprint density at radius 2 is 2.08 bits per heavy atom. The molecule has 0 radical (unpaired) electrons. The Morgan fingerprint density at radius 1 is 1.33 bits per heavy atom. The third-order valence-corrected chi connectivity index (χ3v) is 3.94. The van der Waals surface area contributed by atoms with Gasteiger partial charge in [0.05, 0.1) is 6.10 Å². The summed E-state index contributed by atoms with van der Waals surface area (Å²) < 4.78 is 5.55. The van der Waals surface area contributed by atoms with Crippen molar-refractivity contribution in [2.75, 3.05) is 38.2 Å². The van der Waals surface area contributed by atoms with Crippen molar-refractivity contribution in [3.63, 3.8) is 0 Å². The van der Waals surface area contributed by atoms with Crippen LogP contribution < -0.4 is 15.5 Å². The number of guanidine groups is 1. The van der Waals surface area contributed by atoms with Crippen molar-refractivity contribution in [3.05, 3.63) is 30.3 Å². The second-order valence-electron chi connectivity index (χ2n) is 6.18. The molecule has 0 bridgehead atoms. The summed E-state index contributed by atoms with van der Waals surface area (Å²) >= 11 is 0. The van der Waals surface area contributed by atoms with E-state index in [0.29, 0.717) is 12.1 Å². The summed E-state index contributed by atoms with van der Waals surface area (Å²) in [6.07, 6.45) is 2.42. The van der Waals surface area contributed by atoms with E-state index in [0.717, 1.165) is 45.0 Å². The van der Waals surface area contributed by atoms with E-state index in [1.165, 1.54) is 5.69 Å². The van der Waals surface area contributed by atoms with E-state index in [9.17, 15) is 0 Å². The zero-order valence-corrected chi connectivity index (χ0v) is 17.3. The number of aliphatic imine (C=N–C) groups is 1. The molecule has 1 fully saturated rings. The molecule has 2 rings (SSSR count). The van der Waals surface area contributed by atoms with Crippen LogP contribution in [0.3, 0.4) is 0 Å². The first-order valence-corrected chi connectivity index (χ1v) is 8.58. The maximum Gasteiger partial charge on any atom is 0.191 e. The van der Waals surface area contributed by atoms with Crippen LogP contribution in [0.4, 0.5) is 5.69 Å². The zero-order chi connectivity index (χ0) is 16.5. The van der Waals surface area contributed by atoms with E-state index in [1.807, 2.05) is 7.05 Å². The molecule has 136 valence electrons. The minimum atomic E-state index is 0. The fraction of sp³-hybridized carbons (Fsp3) is 0.611. The van der Waals surface area contributed by atoms with Gasteiger partial charge in [-0.05, 0) is 38.8 Å². The lowest BCUT2D eigenvalue weighted by Gasteiger charge is -2.20. The van der Waals surface area contributed by atoms with Crippen LogP contribution in [-0.4, -0.2) is 51.4 Å². The van der Waals surface area contributed by atoms with E-state index in [2.05, 4.69) is 64.7 Å². The fourth-order valence-electron chi connectivity index (χ4n) is 2.74. The number of ether oxygens (including phenoxy) is 1. The van der Waals surface area contributed by atoms with Crippen LogP contribution in [0.25, 0.3) is 0 Å². The summed E-state index contributed by atoms with van der Waals surface area (Å²) in [5.41, 5.74) is 1.30. The molecule has 1 heterocycles. The quantitative estimate of drug-likeness (QED) is 0.293. The van der Waals surface area contributed by atoms with Gasteiger partial charge in [-0.1, -0.05) is 18.2 Å². The molecule has 1 aromatic carbocycles. The first kappa shape index (κ1) is 21.0. The standard InChI is InChI=1S/C18H30N4O.HI/c1-15(2)23-13-7-11-20-18(19-3)21-16-10-12-22(14-16)17-8-5-4-6-9-17;/h4-6,8-9,15-16H,7,10-14H2,1-3H3,(H2,19,20,21);1H. The Hall–Kier alpha value is -1.02. The van der Waals surface area contributed by atoms with Gasteiger partial charge in [-0.25, -0.2) is 0 Å². The Kier molecular flexibility index (Phi) is 10.1. The second kappa shape index (κ2) is 11.5. The van der Waals surface area contributed by atoms with Crippen molar-refractivity contribution in [2.45, 2.75) is 38.8 Å². The SMILES string of the molecule is CN=C(NCCCOC(C)C)NC1CCN(c2ccccc2)C1.I. The number of benzene rings is 1. The monoisotopic (exact) mass is 446 g/mol. The molecule has 0 saturated carbocycles. The molecule has 0 aliphatic carbocycles. The smallest absolute Gasteiger partial charge is 0.191 e. The van der Waals surface area contributed by atoms with Gasteiger partial charge in [0.2, 0.25) is 0 Å². The molecule has 0 aromatic heterocycles.